The van der Waals surface area contributed by atoms with Crippen molar-refractivity contribution in [3.05, 3.63) is 42.0 Å². The molecule has 0 unspecified atom stereocenters. The first-order chi connectivity index (χ1) is 10.5. The summed E-state index contributed by atoms with van der Waals surface area (Å²) < 4.78 is 51.6. The van der Waals surface area contributed by atoms with E-state index >= 15 is 0 Å². The van der Waals surface area contributed by atoms with E-state index in [-0.39, 0.29) is 5.39 Å². The predicted molar refractivity (Wildman–Crippen MR) is 84.7 cm³/mol. The lowest BCUT2D eigenvalue weighted by molar-refractivity contribution is -0.136. The Morgan fingerprint density at radius 3 is 1.91 bits per heavy atom. The van der Waals surface area contributed by atoms with Crippen molar-refractivity contribution in [3.63, 3.8) is 0 Å². The van der Waals surface area contributed by atoms with Crippen LogP contribution in [0.4, 0.5) is 13.2 Å². The standard InChI is InChI=1S/C17H18BF3O2/c1-15(2)16(3,4)23-18(22-15)14-10-6-7-11-12(14)8-5-9-13(11)17(19,20)21/h5-10H,1-4H3. The Labute approximate surface area is 133 Å². The molecule has 0 saturated carbocycles. The highest BCUT2D eigenvalue weighted by molar-refractivity contribution is 6.65. The summed E-state index contributed by atoms with van der Waals surface area (Å²) >= 11 is 0. The molecule has 2 nitrogen and oxygen atoms in total. The lowest BCUT2D eigenvalue weighted by Gasteiger charge is -2.32. The summed E-state index contributed by atoms with van der Waals surface area (Å²) in [7, 11) is -0.688. The van der Waals surface area contributed by atoms with E-state index in [1.165, 1.54) is 12.1 Å². The molecule has 1 fully saturated rings. The number of hydrogen-bond acceptors (Lipinski definition) is 2. The molecule has 0 radical (unpaired) electrons. The molecule has 0 aromatic heterocycles. The number of hydrogen-bond donors (Lipinski definition) is 0. The van der Waals surface area contributed by atoms with Crippen LogP contribution < -0.4 is 5.46 Å². The lowest BCUT2D eigenvalue weighted by atomic mass is 9.75. The van der Waals surface area contributed by atoms with Gasteiger partial charge < -0.3 is 9.31 Å². The van der Waals surface area contributed by atoms with Gasteiger partial charge in [-0.25, -0.2) is 0 Å². The maximum absolute atomic E-state index is 13.2. The Morgan fingerprint density at radius 1 is 0.826 bits per heavy atom. The lowest BCUT2D eigenvalue weighted by Crippen LogP contribution is -2.41. The van der Waals surface area contributed by atoms with Gasteiger partial charge in [-0.1, -0.05) is 30.3 Å². The zero-order valence-corrected chi connectivity index (χ0v) is 13.5. The highest BCUT2D eigenvalue weighted by Gasteiger charge is 2.52. The summed E-state index contributed by atoms with van der Waals surface area (Å²) in [5.41, 5.74) is -1.11. The average Bonchev–Trinajstić information content (AvgIpc) is 2.65. The Balaban J connectivity index is 2.14. The second-order valence-electron chi connectivity index (χ2n) is 6.83. The predicted octanol–water partition coefficient (Wildman–Crippen LogP) is 4.16. The second-order valence-corrected chi connectivity index (χ2v) is 6.83. The molecule has 23 heavy (non-hydrogen) atoms. The van der Waals surface area contributed by atoms with Gasteiger partial charge in [-0.15, -0.1) is 0 Å². The van der Waals surface area contributed by atoms with Crippen LogP contribution in [0.1, 0.15) is 33.3 Å². The third-order valence-corrected chi connectivity index (χ3v) is 4.77. The van der Waals surface area contributed by atoms with Crippen molar-refractivity contribution in [2.45, 2.75) is 45.1 Å². The summed E-state index contributed by atoms with van der Waals surface area (Å²) in [4.78, 5) is 0. The van der Waals surface area contributed by atoms with Crippen LogP contribution in [0, 0.1) is 0 Å². The van der Waals surface area contributed by atoms with Crippen LogP contribution in [-0.2, 0) is 15.5 Å². The molecule has 0 bridgehead atoms. The minimum absolute atomic E-state index is 0.159. The molecule has 0 amide bonds. The van der Waals surface area contributed by atoms with Gasteiger partial charge in [0.2, 0.25) is 0 Å². The molecule has 1 saturated heterocycles. The van der Waals surface area contributed by atoms with E-state index in [0.29, 0.717) is 10.8 Å². The first kappa shape index (κ1) is 16.3. The van der Waals surface area contributed by atoms with Crippen molar-refractivity contribution in [3.8, 4) is 0 Å². The van der Waals surface area contributed by atoms with Crippen LogP contribution in [0.25, 0.3) is 10.8 Å². The van der Waals surface area contributed by atoms with E-state index < -0.39 is 30.1 Å². The van der Waals surface area contributed by atoms with Gasteiger partial charge in [-0.2, -0.15) is 13.2 Å². The molecule has 2 aromatic rings. The summed E-state index contributed by atoms with van der Waals surface area (Å²) in [6.45, 7) is 7.66. The molecule has 122 valence electrons. The van der Waals surface area contributed by atoms with Gasteiger partial charge in [0.15, 0.2) is 0 Å². The molecule has 2 aromatic carbocycles. The van der Waals surface area contributed by atoms with E-state index in [0.717, 1.165) is 6.07 Å². The normalized spacial score (nSPS) is 20.2. The van der Waals surface area contributed by atoms with Gasteiger partial charge >= 0.3 is 13.3 Å². The minimum Gasteiger partial charge on any atom is -0.399 e. The van der Waals surface area contributed by atoms with Gasteiger partial charge in [0.1, 0.15) is 0 Å². The molecule has 0 spiro atoms. The fraction of sp³-hybridized carbons (Fsp3) is 0.412. The minimum atomic E-state index is -4.39. The van der Waals surface area contributed by atoms with Crippen molar-refractivity contribution in [1.82, 2.24) is 0 Å². The van der Waals surface area contributed by atoms with Crippen LogP contribution in [0.5, 0.6) is 0 Å². The second kappa shape index (κ2) is 4.98. The van der Waals surface area contributed by atoms with E-state index in [1.807, 2.05) is 27.7 Å². The number of benzene rings is 2. The molecule has 0 N–H and O–H groups in total. The van der Waals surface area contributed by atoms with E-state index in [4.69, 9.17) is 9.31 Å². The smallest absolute Gasteiger partial charge is 0.399 e. The maximum Gasteiger partial charge on any atom is 0.495 e. The Kier molecular flexibility index (Phi) is 3.54. The number of alkyl halides is 3. The monoisotopic (exact) mass is 322 g/mol. The molecule has 3 rings (SSSR count). The maximum atomic E-state index is 13.2. The third kappa shape index (κ3) is 2.64. The van der Waals surface area contributed by atoms with Crippen molar-refractivity contribution >= 4 is 23.4 Å². The molecule has 1 aliphatic heterocycles. The number of halogens is 3. The van der Waals surface area contributed by atoms with Crippen LogP contribution in [0.15, 0.2) is 36.4 Å². The summed E-state index contributed by atoms with van der Waals surface area (Å²) in [6, 6.07) is 9.02. The largest absolute Gasteiger partial charge is 0.495 e. The highest BCUT2D eigenvalue weighted by Crippen LogP contribution is 2.38. The van der Waals surface area contributed by atoms with E-state index in [1.54, 1.807) is 18.2 Å². The first-order valence-electron chi connectivity index (χ1n) is 7.47. The highest BCUT2D eigenvalue weighted by atomic mass is 19.4. The molecule has 0 atom stereocenters. The van der Waals surface area contributed by atoms with E-state index in [2.05, 4.69) is 0 Å². The fourth-order valence-corrected chi connectivity index (χ4v) is 2.76. The Hall–Kier alpha value is -1.53. The number of fused-ring (bicyclic) bond motifs is 1. The van der Waals surface area contributed by atoms with Gasteiger partial charge in [0.25, 0.3) is 0 Å². The van der Waals surface area contributed by atoms with Crippen molar-refractivity contribution < 1.29 is 22.5 Å². The van der Waals surface area contributed by atoms with Crippen LogP contribution in [-0.4, -0.2) is 18.3 Å². The topological polar surface area (TPSA) is 18.5 Å². The van der Waals surface area contributed by atoms with Gasteiger partial charge in [-0.05, 0) is 50.0 Å². The fourth-order valence-electron chi connectivity index (χ4n) is 2.76. The van der Waals surface area contributed by atoms with Crippen molar-refractivity contribution in [2.24, 2.45) is 0 Å². The number of rotatable bonds is 1. The molecule has 6 heteroatoms. The molecule has 0 aliphatic carbocycles. The van der Waals surface area contributed by atoms with E-state index in [9.17, 15) is 13.2 Å². The van der Waals surface area contributed by atoms with Gasteiger partial charge in [-0.3, -0.25) is 0 Å². The third-order valence-electron chi connectivity index (χ3n) is 4.77. The summed E-state index contributed by atoms with van der Waals surface area (Å²) in [5.74, 6) is 0. The van der Waals surface area contributed by atoms with Crippen LogP contribution >= 0.6 is 0 Å². The van der Waals surface area contributed by atoms with Crippen molar-refractivity contribution in [1.29, 1.82) is 0 Å². The average molecular weight is 322 g/mol. The zero-order chi connectivity index (χ0) is 17.0. The van der Waals surface area contributed by atoms with Crippen molar-refractivity contribution in [2.75, 3.05) is 0 Å². The molecule has 1 heterocycles. The SMILES string of the molecule is CC1(C)OB(c2cccc3c(C(F)(F)F)cccc23)OC1(C)C. The van der Waals surface area contributed by atoms with Crippen LogP contribution in [0.2, 0.25) is 0 Å². The van der Waals surface area contributed by atoms with Crippen LogP contribution in [0.3, 0.4) is 0 Å². The van der Waals surface area contributed by atoms with Gasteiger partial charge in [0.05, 0.1) is 16.8 Å². The first-order valence-corrected chi connectivity index (χ1v) is 7.47. The van der Waals surface area contributed by atoms with Gasteiger partial charge in [0, 0.05) is 0 Å². The molecular formula is C17H18BF3O2. The molecule has 1 aliphatic rings. The summed E-state index contributed by atoms with van der Waals surface area (Å²) in [5, 5.41) is 0.660. The summed E-state index contributed by atoms with van der Waals surface area (Å²) in [6.07, 6.45) is -4.39. The Bertz CT molecular complexity index is 737. The molecular weight excluding hydrogens is 304 g/mol. The zero-order valence-electron chi connectivity index (χ0n) is 13.5. The Morgan fingerprint density at radius 2 is 1.35 bits per heavy atom. The quantitative estimate of drug-likeness (QED) is 0.734.